The maximum Gasteiger partial charge on any atom is 0.269 e. The summed E-state index contributed by atoms with van der Waals surface area (Å²) in [5, 5.41) is 13.8. The van der Waals surface area contributed by atoms with Gasteiger partial charge in [-0.2, -0.15) is 5.10 Å². The average Bonchev–Trinajstić information content (AvgIpc) is 3.48. The van der Waals surface area contributed by atoms with Crippen molar-refractivity contribution in [2.45, 2.75) is 0 Å². The summed E-state index contributed by atoms with van der Waals surface area (Å²) in [6, 6.07) is 15.4. The van der Waals surface area contributed by atoms with Crippen molar-refractivity contribution < 1.29 is 4.79 Å². The third kappa shape index (κ3) is 3.67. The van der Waals surface area contributed by atoms with Crippen molar-refractivity contribution >= 4 is 39.9 Å². The molecule has 1 amide bonds. The van der Waals surface area contributed by atoms with Gasteiger partial charge in [0.2, 0.25) is 0 Å². The Morgan fingerprint density at radius 2 is 1.84 bits per heavy atom. The standard InChI is InChI=1S/C23H18ClN7O/c1-25-23(32)21-20(24)17-7-4-14(10-18(17)30-21)22-26-9-8-19(31-22)29-16-5-2-13(3-6-16)15-11-27-28-12-15/h2-12,30H,1H3,(H,25,32)(H,27,28)(H,26,29,31). The van der Waals surface area contributed by atoms with E-state index in [1.54, 1.807) is 25.5 Å². The second kappa shape index (κ2) is 8.16. The van der Waals surface area contributed by atoms with Crippen molar-refractivity contribution in [3.05, 3.63) is 77.8 Å². The topological polar surface area (TPSA) is 111 Å². The molecule has 0 spiro atoms. The zero-order valence-electron chi connectivity index (χ0n) is 17.0. The molecule has 5 rings (SSSR count). The molecule has 8 nitrogen and oxygen atoms in total. The van der Waals surface area contributed by atoms with Gasteiger partial charge in [-0.15, -0.1) is 0 Å². The Morgan fingerprint density at radius 1 is 1.03 bits per heavy atom. The first-order valence-electron chi connectivity index (χ1n) is 9.85. The number of amides is 1. The Morgan fingerprint density at radius 3 is 2.59 bits per heavy atom. The van der Waals surface area contributed by atoms with Crippen molar-refractivity contribution in [1.29, 1.82) is 0 Å². The van der Waals surface area contributed by atoms with Gasteiger partial charge in [0.15, 0.2) is 5.82 Å². The summed E-state index contributed by atoms with van der Waals surface area (Å²) >= 11 is 6.35. The first-order chi connectivity index (χ1) is 15.6. The number of benzene rings is 2. The average molecular weight is 444 g/mol. The molecule has 9 heteroatoms. The van der Waals surface area contributed by atoms with Gasteiger partial charge in [0.05, 0.1) is 11.2 Å². The summed E-state index contributed by atoms with van der Waals surface area (Å²) in [6.45, 7) is 0. The van der Waals surface area contributed by atoms with Crippen LogP contribution in [0.1, 0.15) is 10.5 Å². The maximum atomic E-state index is 12.0. The number of carbonyl (C=O) groups is 1. The molecule has 0 aliphatic carbocycles. The van der Waals surface area contributed by atoms with Gasteiger partial charge in [-0.1, -0.05) is 35.9 Å². The van der Waals surface area contributed by atoms with Crippen LogP contribution in [0, 0.1) is 0 Å². The van der Waals surface area contributed by atoms with Crippen LogP contribution >= 0.6 is 11.6 Å². The molecule has 2 aromatic carbocycles. The Kier molecular flexibility index (Phi) is 5.04. The van der Waals surface area contributed by atoms with Crippen molar-refractivity contribution in [3.8, 4) is 22.5 Å². The minimum atomic E-state index is -0.269. The van der Waals surface area contributed by atoms with Gasteiger partial charge in [0.1, 0.15) is 11.5 Å². The smallest absolute Gasteiger partial charge is 0.269 e. The molecule has 0 bridgehead atoms. The molecule has 3 aromatic heterocycles. The van der Waals surface area contributed by atoms with E-state index in [-0.39, 0.29) is 5.91 Å². The summed E-state index contributed by atoms with van der Waals surface area (Å²) in [5.74, 6) is 0.954. The Bertz CT molecular complexity index is 1410. The van der Waals surface area contributed by atoms with E-state index in [1.165, 1.54) is 0 Å². The monoisotopic (exact) mass is 443 g/mol. The van der Waals surface area contributed by atoms with Crippen LogP contribution in [0.2, 0.25) is 5.02 Å². The SMILES string of the molecule is CNC(=O)c1[nH]c2cc(-c3nccc(Nc4ccc(-c5cn[nH]c5)cc4)n3)ccc2c1Cl. The summed E-state index contributed by atoms with van der Waals surface area (Å²) < 4.78 is 0. The molecule has 3 heterocycles. The van der Waals surface area contributed by atoms with Gasteiger partial charge in [0, 0.05) is 47.2 Å². The van der Waals surface area contributed by atoms with Gasteiger partial charge >= 0.3 is 0 Å². The third-order valence-electron chi connectivity index (χ3n) is 5.09. The first-order valence-corrected chi connectivity index (χ1v) is 10.2. The highest BCUT2D eigenvalue weighted by molar-refractivity contribution is 6.38. The van der Waals surface area contributed by atoms with E-state index in [0.717, 1.165) is 33.3 Å². The van der Waals surface area contributed by atoms with Crippen LogP contribution in [0.25, 0.3) is 33.4 Å². The second-order valence-corrected chi connectivity index (χ2v) is 7.49. The number of hydrogen-bond donors (Lipinski definition) is 4. The van der Waals surface area contributed by atoms with E-state index in [9.17, 15) is 4.79 Å². The summed E-state index contributed by atoms with van der Waals surface area (Å²) in [4.78, 5) is 24.1. The predicted molar refractivity (Wildman–Crippen MR) is 125 cm³/mol. The molecule has 158 valence electrons. The fourth-order valence-electron chi connectivity index (χ4n) is 3.45. The molecular weight excluding hydrogens is 426 g/mol. The van der Waals surface area contributed by atoms with Crippen molar-refractivity contribution in [2.24, 2.45) is 0 Å². The Hall–Kier alpha value is -4.17. The van der Waals surface area contributed by atoms with Gasteiger partial charge in [0.25, 0.3) is 5.91 Å². The van der Waals surface area contributed by atoms with E-state index in [2.05, 4.69) is 35.8 Å². The highest BCUT2D eigenvalue weighted by atomic mass is 35.5. The number of rotatable bonds is 5. The van der Waals surface area contributed by atoms with Gasteiger partial charge < -0.3 is 15.6 Å². The highest BCUT2D eigenvalue weighted by Gasteiger charge is 2.16. The number of carbonyl (C=O) groups excluding carboxylic acids is 1. The lowest BCUT2D eigenvalue weighted by Crippen LogP contribution is -2.18. The quantitative estimate of drug-likeness (QED) is 0.312. The zero-order valence-corrected chi connectivity index (χ0v) is 17.7. The van der Waals surface area contributed by atoms with E-state index < -0.39 is 0 Å². The van der Waals surface area contributed by atoms with Crippen LogP contribution in [0.3, 0.4) is 0 Å². The van der Waals surface area contributed by atoms with E-state index in [0.29, 0.717) is 22.4 Å². The molecule has 4 N–H and O–H groups in total. The summed E-state index contributed by atoms with van der Waals surface area (Å²) in [5.41, 5.74) is 4.88. The molecule has 0 atom stereocenters. The van der Waals surface area contributed by atoms with Crippen molar-refractivity contribution in [2.75, 3.05) is 12.4 Å². The van der Waals surface area contributed by atoms with E-state index in [4.69, 9.17) is 11.6 Å². The number of fused-ring (bicyclic) bond motifs is 1. The predicted octanol–water partition coefficient (Wildman–Crippen LogP) is 4.77. The number of halogens is 1. The molecule has 32 heavy (non-hydrogen) atoms. The molecule has 0 saturated heterocycles. The second-order valence-electron chi connectivity index (χ2n) is 7.11. The van der Waals surface area contributed by atoms with Crippen LogP contribution < -0.4 is 10.6 Å². The third-order valence-corrected chi connectivity index (χ3v) is 5.48. The number of nitrogens with one attached hydrogen (secondary N) is 4. The van der Waals surface area contributed by atoms with Crippen LogP contribution in [0.5, 0.6) is 0 Å². The number of H-pyrrole nitrogens is 2. The molecular formula is C23H18ClN7O. The van der Waals surface area contributed by atoms with E-state index >= 15 is 0 Å². The fraction of sp³-hybridized carbons (Fsp3) is 0.0435. The summed E-state index contributed by atoms with van der Waals surface area (Å²) in [7, 11) is 1.56. The van der Waals surface area contributed by atoms with Crippen molar-refractivity contribution in [1.82, 2.24) is 30.5 Å². The molecule has 0 unspecified atom stereocenters. The molecule has 0 aliphatic heterocycles. The molecule has 0 radical (unpaired) electrons. The molecule has 5 aromatic rings. The van der Waals surface area contributed by atoms with Gasteiger partial charge in [-0.05, 0) is 29.8 Å². The minimum Gasteiger partial charge on any atom is -0.354 e. The number of nitrogens with zero attached hydrogens (tertiary/aromatic N) is 3. The van der Waals surface area contributed by atoms with Gasteiger partial charge in [-0.3, -0.25) is 9.89 Å². The lowest BCUT2D eigenvalue weighted by molar-refractivity contribution is 0.0959. The number of hydrogen-bond acceptors (Lipinski definition) is 5. The molecule has 0 aliphatic rings. The van der Waals surface area contributed by atoms with Crippen LogP contribution in [0.4, 0.5) is 11.5 Å². The lowest BCUT2D eigenvalue weighted by Gasteiger charge is -2.08. The number of aromatic amines is 2. The first kappa shape index (κ1) is 19.8. The summed E-state index contributed by atoms with van der Waals surface area (Å²) in [6.07, 6.45) is 5.34. The fourth-order valence-corrected chi connectivity index (χ4v) is 3.75. The van der Waals surface area contributed by atoms with E-state index in [1.807, 2.05) is 48.7 Å². The van der Waals surface area contributed by atoms with Crippen LogP contribution in [-0.2, 0) is 0 Å². The van der Waals surface area contributed by atoms with Crippen LogP contribution in [0.15, 0.2) is 67.1 Å². The van der Waals surface area contributed by atoms with Crippen molar-refractivity contribution in [3.63, 3.8) is 0 Å². The minimum absolute atomic E-state index is 0.269. The largest absolute Gasteiger partial charge is 0.354 e. The molecule has 0 saturated carbocycles. The Balaban J connectivity index is 1.41. The highest BCUT2D eigenvalue weighted by Crippen LogP contribution is 2.30. The normalized spacial score (nSPS) is 10.9. The lowest BCUT2D eigenvalue weighted by atomic mass is 10.1. The van der Waals surface area contributed by atoms with Gasteiger partial charge in [-0.25, -0.2) is 9.97 Å². The molecule has 0 fully saturated rings. The van der Waals surface area contributed by atoms with Crippen LogP contribution in [-0.4, -0.2) is 38.1 Å². The number of aromatic nitrogens is 5. The zero-order chi connectivity index (χ0) is 22.1. The maximum absolute atomic E-state index is 12.0. The number of anilines is 2. The Labute approximate surface area is 188 Å².